The van der Waals surface area contributed by atoms with Gasteiger partial charge in [-0.2, -0.15) is 0 Å². The summed E-state index contributed by atoms with van der Waals surface area (Å²) in [7, 11) is 0. The van der Waals surface area contributed by atoms with Gasteiger partial charge in [0, 0.05) is 27.8 Å². The van der Waals surface area contributed by atoms with E-state index in [9.17, 15) is 1.37 Å². The van der Waals surface area contributed by atoms with E-state index in [-0.39, 0.29) is 80.2 Å². The number of nitrogens with zero attached hydrogens (tertiary/aromatic N) is 1. The number of furan rings is 1. The van der Waals surface area contributed by atoms with Gasteiger partial charge in [-0.1, -0.05) is 121 Å². The molecule has 0 saturated carbocycles. The van der Waals surface area contributed by atoms with Gasteiger partial charge < -0.3 is 9.32 Å². The van der Waals surface area contributed by atoms with Crippen molar-refractivity contribution in [2.75, 3.05) is 4.90 Å². The first-order valence-electron chi connectivity index (χ1n) is 24.2. The summed E-state index contributed by atoms with van der Waals surface area (Å²) in [5, 5.41) is 3.28. The van der Waals surface area contributed by atoms with Crippen molar-refractivity contribution in [1.82, 2.24) is 0 Å². The first-order chi connectivity index (χ1) is 31.8. The molecule has 10 rings (SSSR count). The van der Waals surface area contributed by atoms with Crippen molar-refractivity contribution in [2.45, 2.75) is 0 Å². The summed E-state index contributed by atoms with van der Waals surface area (Å²) in [5.41, 5.74) is 1.93. The summed E-state index contributed by atoms with van der Waals surface area (Å²) in [4.78, 5) is 1.57. The summed E-state index contributed by atoms with van der Waals surface area (Å²) < 4.78 is 151. The Kier molecular flexibility index (Phi) is 3.72. The normalized spacial score (nSPS) is 16.4. The van der Waals surface area contributed by atoms with Crippen LogP contribution in [-0.4, -0.2) is 0 Å². The fourth-order valence-electron chi connectivity index (χ4n) is 6.46. The van der Waals surface area contributed by atoms with E-state index < -0.39 is 66.5 Å². The minimum Gasteiger partial charge on any atom is -0.456 e. The Morgan fingerprint density at radius 3 is 1.66 bits per heavy atom. The molecule has 0 atom stereocenters. The van der Waals surface area contributed by atoms with E-state index in [1.807, 2.05) is 6.07 Å². The number of hydrogen-bond acceptors (Lipinski definition) is 2. The Morgan fingerprint density at radius 2 is 0.940 bits per heavy atom. The molecule has 0 unspecified atom stereocenters. The van der Waals surface area contributed by atoms with E-state index in [0.29, 0.717) is 49.6 Å². The molecular weight excluding hydrogens is 607 g/mol. The van der Waals surface area contributed by atoms with E-state index in [4.69, 9.17) is 26.3 Å². The van der Waals surface area contributed by atoms with Gasteiger partial charge >= 0.3 is 0 Å². The average molecular weight is 655 g/mol. The molecule has 9 aromatic carbocycles. The zero-order valence-corrected chi connectivity index (χ0v) is 25.9. The highest BCUT2D eigenvalue weighted by atomic mass is 16.3. The average Bonchev–Trinajstić information content (AvgIpc) is 3.73. The van der Waals surface area contributed by atoms with Crippen LogP contribution in [0.3, 0.4) is 0 Å². The van der Waals surface area contributed by atoms with Crippen LogP contribution in [0.4, 0.5) is 17.1 Å². The molecule has 0 spiro atoms. The van der Waals surface area contributed by atoms with Crippen molar-refractivity contribution in [3.63, 3.8) is 0 Å². The molecule has 0 saturated heterocycles. The summed E-state index contributed by atoms with van der Waals surface area (Å²) in [6.07, 6.45) is 0. The Labute approximate surface area is 314 Å². The lowest BCUT2D eigenvalue weighted by molar-refractivity contribution is 0.669. The lowest BCUT2D eigenvalue weighted by Crippen LogP contribution is -2.09. The molecule has 10 aromatic rings. The molecule has 0 aliphatic rings. The number of rotatable bonds is 5. The fourth-order valence-corrected chi connectivity index (χ4v) is 6.46. The van der Waals surface area contributed by atoms with Crippen molar-refractivity contribution in [3.05, 3.63) is 188 Å². The minimum atomic E-state index is -0.559. The van der Waals surface area contributed by atoms with Crippen LogP contribution in [0.2, 0.25) is 0 Å². The highest BCUT2D eigenvalue weighted by molar-refractivity contribution is 6.19. The van der Waals surface area contributed by atoms with E-state index in [2.05, 4.69) is 0 Å². The van der Waals surface area contributed by atoms with Gasteiger partial charge in [0.2, 0.25) is 0 Å². The maximum atomic E-state index is 9.49. The SMILES string of the molecule is [2H]c1c([2H])c([2H])c(-c2ccc3cc(N(c4ccc5cc(-c6ccc7c([2H])c([2H])c8oc9c([2H])c([2H])c([2H])c([2H])c9c8c7c6[2H])ccc5c4)c4c([2H])c([2H])c([2H])c([2H])c4[2H])ccc3c2)c([2H])c1[2H]. The first kappa shape index (κ1) is 16.2. The molecule has 0 aliphatic carbocycles. The zero-order chi connectivity index (χ0) is 47.8. The van der Waals surface area contributed by atoms with Gasteiger partial charge in [-0.3, -0.25) is 0 Å². The third-order valence-corrected chi connectivity index (χ3v) is 8.81. The second-order valence-electron chi connectivity index (χ2n) is 11.7. The molecule has 1 aromatic heterocycles. The molecule has 0 radical (unpaired) electrons. The molecule has 50 heavy (non-hydrogen) atoms. The van der Waals surface area contributed by atoms with Crippen LogP contribution in [0.5, 0.6) is 0 Å². The lowest BCUT2D eigenvalue weighted by atomic mass is 9.96. The van der Waals surface area contributed by atoms with E-state index in [1.54, 1.807) is 83.8 Å². The number of fused-ring (bicyclic) bond motifs is 7. The van der Waals surface area contributed by atoms with Crippen molar-refractivity contribution in [1.29, 1.82) is 0 Å². The lowest BCUT2D eigenvalue weighted by Gasteiger charge is -2.26. The summed E-state index contributed by atoms with van der Waals surface area (Å²) in [5.74, 6) is 0. The molecular formula is C48H31NO. The molecule has 0 bridgehead atoms. The third-order valence-electron chi connectivity index (χ3n) is 8.81. The number of hydrogen-bond donors (Lipinski definition) is 0. The highest BCUT2D eigenvalue weighted by Gasteiger charge is 2.15. The van der Waals surface area contributed by atoms with Crippen LogP contribution >= 0.6 is 0 Å². The van der Waals surface area contributed by atoms with Gasteiger partial charge in [0.25, 0.3) is 0 Å². The number of benzene rings is 9. The maximum Gasteiger partial charge on any atom is 0.136 e. The monoisotopic (exact) mass is 654 g/mol. The van der Waals surface area contributed by atoms with Crippen LogP contribution in [0.25, 0.3) is 76.5 Å². The van der Waals surface area contributed by atoms with Crippen LogP contribution in [0, 0.1) is 0 Å². The molecule has 1 heterocycles. The van der Waals surface area contributed by atoms with Crippen LogP contribution < -0.4 is 4.90 Å². The standard InChI is InChI=1S/C48H31NO/c1-3-9-32(10-4-1)34-17-19-38-29-42(24-21-36(38)27-34)49(41-11-5-2-6-12-41)43-25-22-37-28-35(18-20-39(37)30-43)40-16-15-33-23-26-47-48(45(33)31-40)44-13-7-8-14-46(44)50-47/h1-31H/i1D,2D,3D,4D,5D,6D,7D,8D,9D,10D,11D,12D,13D,14D,23D,26D,31D. The smallest absolute Gasteiger partial charge is 0.136 e. The van der Waals surface area contributed by atoms with Gasteiger partial charge in [-0.15, -0.1) is 0 Å². The summed E-state index contributed by atoms with van der Waals surface area (Å²) >= 11 is 0. The van der Waals surface area contributed by atoms with Gasteiger partial charge in [0.1, 0.15) is 11.2 Å². The van der Waals surface area contributed by atoms with Crippen LogP contribution in [-0.2, 0) is 0 Å². The van der Waals surface area contributed by atoms with E-state index in [1.165, 1.54) is 0 Å². The Balaban J connectivity index is 1.12. The van der Waals surface area contributed by atoms with Crippen molar-refractivity contribution in [2.24, 2.45) is 0 Å². The van der Waals surface area contributed by atoms with Gasteiger partial charge in [-0.05, 0) is 121 Å². The van der Waals surface area contributed by atoms with E-state index >= 15 is 0 Å². The molecule has 0 aliphatic heterocycles. The largest absolute Gasteiger partial charge is 0.456 e. The van der Waals surface area contributed by atoms with Crippen molar-refractivity contribution in [3.8, 4) is 22.3 Å². The molecule has 2 heteroatoms. The molecule has 0 fully saturated rings. The second-order valence-corrected chi connectivity index (χ2v) is 11.7. The first-order valence-corrected chi connectivity index (χ1v) is 15.7. The predicted molar refractivity (Wildman–Crippen MR) is 212 cm³/mol. The Bertz CT molecular complexity index is 3810. The molecule has 0 N–H and O–H groups in total. The van der Waals surface area contributed by atoms with Crippen LogP contribution in [0.15, 0.2) is 192 Å². The second kappa shape index (κ2) is 11.5. The quantitative estimate of drug-likeness (QED) is 0.184. The zero-order valence-electron chi connectivity index (χ0n) is 42.9. The summed E-state index contributed by atoms with van der Waals surface area (Å²) in [6.45, 7) is 0. The predicted octanol–water partition coefficient (Wildman–Crippen LogP) is 13.8. The molecule has 234 valence electrons. The fraction of sp³-hybridized carbons (Fsp3) is 0. The Hall–Kier alpha value is -6.64. The van der Waals surface area contributed by atoms with Crippen molar-refractivity contribution < 1.29 is 27.7 Å². The third kappa shape index (κ3) is 4.81. The number of anilines is 3. The van der Waals surface area contributed by atoms with Gasteiger partial charge in [0.05, 0.1) is 23.3 Å². The maximum absolute atomic E-state index is 9.49. The van der Waals surface area contributed by atoms with Gasteiger partial charge in [-0.25, -0.2) is 0 Å². The molecule has 0 amide bonds. The number of para-hydroxylation sites is 2. The van der Waals surface area contributed by atoms with Crippen LogP contribution in [0.1, 0.15) is 23.3 Å². The summed E-state index contributed by atoms with van der Waals surface area (Å²) in [6, 6.07) is 17.3. The van der Waals surface area contributed by atoms with Crippen molar-refractivity contribution >= 4 is 71.3 Å². The molecule has 2 nitrogen and oxygen atoms in total. The van der Waals surface area contributed by atoms with Gasteiger partial charge in [0.15, 0.2) is 0 Å². The highest BCUT2D eigenvalue weighted by Crippen LogP contribution is 2.40. The van der Waals surface area contributed by atoms with E-state index in [0.717, 1.165) is 0 Å². The minimum absolute atomic E-state index is 0.0179. The Morgan fingerprint density at radius 1 is 0.380 bits per heavy atom. The topological polar surface area (TPSA) is 16.4 Å².